The van der Waals surface area contributed by atoms with Gasteiger partial charge in [0, 0.05) is 59.1 Å². The van der Waals surface area contributed by atoms with E-state index in [1.807, 2.05) is 84.1 Å². The Bertz CT molecular complexity index is 3420. The Balaban J connectivity index is 1.08. The Kier molecular flexibility index (Phi) is 9.49. The third-order valence-electron chi connectivity index (χ3n) is 11.5. The summed E-state index contributed by atoms with van der Waals surface area (Å²) in [6.07, 6.45) is 0. The standard InChI is InChI=1S/C57H38N4S/c58-54(40-18-7-2-8-19-40)53-48(37-16-5-1-6-17-37)34-42-32-33-43(35-49(42)55(53)59-44-22-11-4-12-23-44)51-36-50(60-57(61-51)41-20-9-3-10-21-41)39-30-28-38(29-31-39)45-25-15-26-47-46-24-13-14-27-52(46)62-56(45)47/h1-36,58-59H. The zero-order valence-corrected chi connectivity index (χ0v) is 34.4. The van der Waals surface area contributed by atoms with Crippen LogP contribution in [-0.4, -0.2) is 15.7 Å². The van der Waals surface area contributed by atoms with Crippen molar-refractivity contribution in [3.8, 4) is 56.2 Å². The normalized spacial score (nSPS) is 11.3. The fraction of sp³-hybridized carbons (Fsp3) is 0. The summed E-state index contributed by atoms with van der Waals surface area (Å²) in [6, 6.07) is 75.7. The second-order valence-corrected chi connectivity index (χ2v) is 16.4. The van der Waals surface area contributed by atoms with Crippen LogP contribution in [0.5, 0.6) is 0 Å². The summed E-state index contributed by atoms with van der Waals surface area (Å²) in [6.45, 7) is 0. The van der Waals surface area contributed by atoms with Crippen LogP contribution in [0.2, 0.25) is 0 Å². The van der Waals surface area contributed by atoms with Gasteiger partial charge in [-0.05, 0) is 64.0 Å². The van der Waals surface area contributed by atoms with Crippen molar-refractivity contribution in [1.29, 1.82) is 5.41 Å². The molecule has 0 amide bonds. The van der Waals surface area contributed by atoms with Gasteiger partial charge in [-0.1, -0.05) is 182 Å². The summed E-state index contributed by atoms with van der Waals surface area (Å²) in [5.74, 6) is 0.658. The molecule has 62 heavy (non-hydrogen) atoms. The SMILES string of the molecule is N=C(c1ccccc1)c1c(-c2ccccc2)cc2ccc(-c3cc(-c4ccc(-c5cccc6c5sc5ccccc56)cc4)nc(-c4ccccc4)n3)cc2c1Nc1ccccc1. The molecule has 0 aliphatic rings. The fourth-order valence-corrected chi connectivity index (χ4v) is 9.70. The molecule has 11 rings (SSSR count). The predicted octanol–water partition coefficient (Wildman–Crippen LogP) is 15.5. The van der Waals surface area contributed by atoms with E-state index in [1.54, 1.807) is 0 Å². The number of hydrogen-bond acceptors (Lipinski definition) is 5. The quantitative estimate of drug-likeness (QED) is 0.143. The van der Waals surface area contributed by atoms with E-state index in [9.17, 15) is 5.41 Å². The van der Waals surface area contributed by atoms with Crippen LogP contribution in [0.1, 0.15) is 11.1 Å². The van der Waals surface area contributed by atoms with Crippen LogP contribution in [0.3, 0.4) is 0 Å². The lowest BCUT2D eigenvalue weighted by Crippen LogP contribution is -2.09. The molecule has 0 atom stereocenters. The predicted molar refractivity (Wildman–Crippen MR) is 262 cm³/mol. The van der Waals surface area contributed by atoms with Gasteiger partial charge in [0.2, 0.25) is 0 Å². The molecule has 5 heteroatoms. The molecule has 0 spiro atoms. The number of nitrogens with zero attached hydrogens (tertiary/aromatic N) is 2. The first-order valence-corrected chi connectivity index (χ1v) is 21.5. The van der Waals surface area contributed by atoms with Crippen LogP contribution >= 0.6 is 11.3 Å². The number of rotatable bonds is 9. The number of hydrogen-bond donors (Lipinski definition) is 2. The summed E-state index contributed by atoms with van der Waals surface area (Å²) in [4.78, 5) is 10.4. The van der Waals surface area contributed by atoms with Crippen LogP contribution in [0.4, 0.5) is 11.4 Å². The zero-order chi connectivity index (χ0) is 41.4. The lowest BCUT2D eigenvalue weighted by atomic mass is 9.87. The number of benzene rings is 9. The maximum absolute atomic E-state index is 9.78. The highest BCUT2D eigenvalue weighted by atomic mass is 32.1. The van der Waals surface area contributed by atoms with Crippen molar-refractivity contribution in [3.63, 3.8) is 0 Å². The van der Waals surface area contributed by atoms with Crippen LogP contribution in [-0.2, 0) is 0 Å². The van der Waals surface area contributed by atoms with Gasteiger partial charge >= 0.3 is 0 Å². The first-order valence-electron chi connectivity index (χ1n) is 20.7. The molecule has 0 fully saturated rings. The number of thiophene rings is 1. The van der Waals surface area contributed by atoms with Crippen LogP contribution in [0.15, 0.2) is 218 Å². The molecule has 0 aliphatic heterocycles. The highest BCUT2D eigenvalue weighted by Gasteiger charge is 2.22. The first-order chi connectivity index (χ1) is 30.6. The van der Waals surface area contributed by atoms with Gasteiger partial charge < -0.3 is 5.32 Å². The van der Waals surface area contributed by atoms with Crippen LogP contribution < -0.4 is 5.32 Å². The Morgan fingerprint density at radius 1 is 0.435 bits per heavy atom. The molecule has 4 nitrogen and oxygen atoms in total. The molecule has 0 unspecified atom stereocenters. The zero-order valence-electron chi connectivity index (χ0n) is 33.6. The van der Waals surface area contributed by atoms with Crippen molar-refractivity contribution < 1.29 is 0 Å². The van der Waals surface area contributed by atoms with Gasteiger partial charge in [0.25, 0.3) is 0 Å². The number of fused-ring (bicyclic) bond motifs is 4. The van der Waals surface area contributed by atoms with E-state index in [2.05, 4.69) is 151 Å². The van der Waals surface area contributed by atoms with Crippen LogP contribution in [0, 0.1) is 5.41 Å². The van der Waals surface area contributed by atoms with Crippen molar-refractivity contribution in [2.24, 2.45) is 0 Å². The minimum atomic E-state index is 0.443. The molecular formula is C57H38N4S. The van der Waals surface area contributed by atoms with Crippen molar-refractivity contribution in [1.82, 2.24) is 9.97 Å². The fourth-order valence-electron chi connectivity index (χ4n) is 8.46. The van der Waals surface area contributed by atoms with Gasteiger partial charge in [0.15, 0.2) is 5.82 Å². The smallest absolute Gasteiger partial charge is 0.160 e. The molecule has 0 saturated carbocycles. The molecule has 292 valence electrons. The molecule has 0 aliphatic carbocycles. The third kappa shape index (κ3) is 6.90. The van der Waals surface area contributed by atoms with Gasteiger partial charge in [0.05, 0.1) is 22.8 Å². The lowest BCUT2D eigenvalue weighted by molar-refractivity contribution is 1.18. The maximum Gasteiger partial charge on any atom is 0.160 e. The van der Waals surface area contributed by atoms with Crippen molar-refractivity contribution >= 4 is 59.4 Å². The number of anilines is 2. The van der Waals surface area contributed by atoms with Crippen molar-refractivity contribution in [2.75, 3.05) is 5.32 Å². The number of para-hydroxylation sites is 1. The molecule has 0 bridgehead atoms. The Hall–Kier alpha value is -7.99. The van der Waals surface area contributed by atoms with Crippen LogP contribution in [0.25, 0.3) is 87.1 Å². The largest absolute Gasteiger partial charge is 0.354 e. The molecule has 2 N–H and O–H groups in total. The van der Waals surface area contributed by atoms with Gasteiger partial charge in [-0.15, -0.1) is 11.3 Å². The number of nitrogens with one attached hydrogen (secondary N) is 2. The molecule has 0 radical (unpaired) electrons. The monoisotopic (exact) mass is 810 g/mol. The van der Waals surface area contributed by atoms with Gasteiger partial charge in [-0.25, -0.2) is 9.97 Å². The average molecular weight is 811 g/mol. The van der Waals surface area contributed by atoms with Crippen molar-refractivity contribution in [3.05, 3.63) is 230 Å². The van der Waals surface area contributed by atoms with E-state index in [0.29, 0.717) is 11.5 Å². The van der Waals surface area contributed by atoms with E-state index in [4.69, 9.17) is 9.97 Å². The third-order valence-corrected chi connectivity index (χ3v) is 12.8. The van der Waals surface area contributed by atoms with Gasteiger partial charge in [-0.2, -0.15) is 0 Å². The van der Waals surface area contributed by atoms with Gasteiger partial charge in [0.1, 0.15) is 0 Å². The highest BCUT2D eigenvalue weighted by Crippen LogP contribution is 2.43. The van der Waals surface area contributed by atoms with Gasteiger partial charge in [-0.3, -0.25) is 5.41 Å². The Labute approximate surface area is 364 Å². The first kappa shape index (κ1) is 37.0. The second kappa shape index (κ2) is 15.9. The minimum Gasteiger partial charge on any atom is -0.354 e. The molecular weight excluding hydrogens is 773 g/mol. The van der Waals surface area contributed by atoms with Crippen molar-refractivity contribution in [2.45, 2.75) is 0 Å². The summed E-state index contributed by atoms with van der Waals surface area (Å²) >= 11 is 1.85. The Morgan fingerprint density at radius 2 is 1.02 bits per heavy atom. The molecule has 2 heterocycles. The maximum atomic E-state index is 9.78. The second-order valence-electron chi connectivity index (χ2n) is 15.4. The molecule has 9 aromatic carbocycles. The van der Waals surface area contributed by atoms with E-state index in [0.717, 1.165) is 72.5 Å². The minimum absolute atomic E-state index is 0.443. The number of aromatic nitrogens is 2. The van der Waals surface area contributed by atoms with E-state index in [-0.39, 0.29) is 0 Å². The van der Waals surface area contributed by atoms with E-state index in [1.165, 1.54) is 31.3 Å². The summed E-state index contributed by atoms with van der Waals surface area (Å²) < 4.78 is 2.60. The highest BCUT2D eigenvalue weighted by molar-refractivity contribution is 7.26. The lowest BCUT2D eigenvalue weighted by Gasteiger charge is -2.21. The molecule has 11 aromatic rings. The molecule has 0 saturated heterocycles. The summed E-state index contributed by atoms with van der Waals surface area (Å²) in [5, 5.41) is 18.2. The van der Waals surface area contributed by atoms with E-state index >= 15 is 0 Å². The topological polar surface area (TPSA) is 61.7 Å². The summed E-state index contributed by atoms with van der Waals surface area (Å²) in [5.41, 5.74) is 12.9. The molecule has 2 aromatic heterocycles. The van der Waals surface area contributed by atoms with E-state index < -0.39 is 0 Å². The average Bonchev–Trinajstić information content (AvgIpc) is 3.74. The summed E-state index contributed by atoms with van der Waals surface area (Å²) in [7, 11) is 0. The Morgan fingerprint density at radius 3 is 1.76 bits per heavy atom.